The summed E-state index contributed by atoms with van der Waals surface area (Å²) in [7, 11) is 3.21. The molecule has 0 bridgehead atoms. The van der Waals surface area contributed by atoms with E-state index in [1.165, 1.54) is 12.1 Å². The molecule has 2 rings (SSSR count). The Morgan fingerprint density at radius 2 is 2.00 bits per heavy atom. The molecule has 7 heteroatoms. The second-order valence-corrected chi connectivity index (χ2v) is 6.42. The van der Waals surface area contributed by atoms with Crippen LogP contribution in [0.25, 0.3) is 10.9 Å². The molecule has 0 radical (unpaired) electrons. The third kappa shape index (κ3) is 1.79. The predicted octanol–water partition coefficient (Wildman–Crippen LogP) is 2.46. The number of halogens is 2. The number of nitrogens with zero attached hydrogens (tertiary/aromatic N) is 2. The zero-order valence-corrected chi connectivity index (χ0v) is 10.9. The molecule has 0 fully saturated rings. The lowest BCUT2D eigenvalue weighted by Gasteiger charge is -2.00. The Hall–Kier alpha value is -0.780. The molecule has 4 nitrogen and oxygen atoms in total. The van der Waals surface area contributed by atoms with E-state index < -0.39 is 9.05 Å². The van der Waals surface area contributed by atoms with Gasteiger partial charge in [0.25, 0.3) is 9.05 Å². The van der Waals surface area contributed by atoms with E-state index in [0.717, 1.165) is 11.1 Å². The Morgan fingerprint density at radius 3 is 2.56 bits per heavy atom. The number of benzene rings is 1. The van der Waals surface area contributed by atoms with Crippen LogP contribution in [0.3, 0.4) is 0 Å². The summed E-state index contributed by atoms with van der Waals surface area (Å²) in [6, 6.07) is 2.80. The number of aryl methyl sites for hydroxylation is 2. The van der Waals surface area contributed by atoms with E-state index in [0.29, 0.717) is 10.5 Å². The maximum Gasteiger partial charge on any atom is 0.261 e. The highest BCUT2D eigenvalue weighted by molar-refractivity contribution is 8.13. The molecule has 0 saturated carbocycles. The molecule has 16 heavy (non-hydrogen) atoms. The van der Waals surface area contributed by atoms with E-state index in [9.17, 15) is 8.42 Å². The summed E-state index contributed by atoms with van der Waals surface area (Å²) >= 11 is 6.01. The van der Waals surface area contributed by atoms with Gasteiger partial charge < -0.3 is 0 Å². The number of hydrogen-bond donors (Lipinski definition) is 0. The van der Waals surface area contributed by atoms with E-state index in [4.69, 9.17) is 22.3 Å². The van der Waals surface area contributed by atoms with Gasteiger partial charge in [-0.25, -0.2) is 8.42 Å². The van der Waals surface area contributed by atoms with Crippen LogP contribution in [0.15, 0.2) is 17.0 Å². The lowest BCUT2D eigenvalue weighted by atomic mass is 10.2. The van der Waals surface area contributed by atoms with Gasteiger partial charge in [0, 0.05) is 23.1 Å². The molecule has 1 heterocycles. The van der Waals surface area contributed by atoms with Crippen molar-refractivity contribution in [3.05, 3.63) is 22.8 Å². The van der Waals surface area contributed by atoms with E-state index in [1.807, 2.05) is 6.92 Å². The highest BCUT2D eigenvalue weighted by Gasteiger charge is 2.16. The number of rotatable bonds is 1. The summed E-state index contributed by atoms with van der Waals surface area (Å²) < 4.78 is 24.0. The van der Waals surface area contributed by atoms with Crippen LogP contribution in [-0.2, 0) is 16.1 Å². The van der Waals surface area contributed by atoms with Gasteiger partial charge in [0.2, 0.25) is 0 Å². The molecule has 0 aliphatic rings. The maximum atomic E-state index is 11.2. The Balaban J connectivity index is 2.93. The minimum atomic E-state index is -3.78. The van der Waals surface area contributed by atoms with Gasteiger partial charge >= 0.3 is 0 Å². The van der Waals surface area contributed by atoms with Crippen molar-refractivity contribution in [1.29, 1.82) is 0 Å². The summed E-state index contributed by atoms with van der Waals surface area (Å²) in [5.41, 5.74) is 1.39. The summed E-state index contributed by atoms with van der Waals surface area (Å²) in [5.74, 6) is 0. The van der Waals surface area contributed by atoms with Crippen molar-refractivity contribution in [2.24, 2.45) is 7.05 Å². The lowest BCUT2D eigenvalue weighted by Crippen LogP contribution is -1.93. The van der Waals surface area contributed by atoms with Crippen molar-refractivity contribution in [3.63, 3.8) is 0 Å². The van der Waals surface area contributed by atoms with Crippen molar-refractivity contribution in [2.45, 2.75) is 11.8 Å². The Morgan fingerprint density at radius 1 is 1.38 bits per heavy atom. The van der Waals surface area contributed by atoms with Crippen molar-refractivity contribution >= 4 is 42.2 Å². The number of fused-ring (bicyclic) bond motifs is 1. The first-order valence-electron chi connectivity index (χ1n) is 4.38. The van der Waals surface area contributed by atoms with Crippen LogP contribution in [0.4, 0.5) is 0 Å². The van der Waals surface area contributed by atoms with Crippen molar-refractivity contribution in [3.8, 4) is 0 Å². The monoisotopic (exact) mass is 278 g/mol. The first-order chi connectivity index (χ1) is 7.30. The van der Waals surface area contributed by atoms with Crippen LogP contribution in [0.5, 0.6) is 0 Å². The van der Waals surface area contributed by atoms with Crippen LogP contribution in [0.2, 0.25) is 5.02 Å². The molecule has 1 aromatic heterocycles. The van der Waals surface area contributed by atoms with E-state index >= 15 is 0 Å². The maximum absolute atomic E-state index is 11.2. The van der Waals surface area contributed by atoms with Gasteiger partial charge in [0.1, 0.15) is 0 Å². The predicted molar refractivity (Wildman–Crippen MR) is 63.5 cm³/mol. The standard InChI is InChI=1S/C9H8Cl2N2O2S/c1-5-9-7(10)3-6(16(11,14)15)4-8(9)13(2)12-5/h3-4H,1-2H3. The molecular weight excluding hydrogens is 271 g/mol. The number of hydrogen-bond acceptors (Lipinski definition) is 3. The number of aromatic nitrogens is 2. The van der Waals surface area contributed by atoms with Crippen LogP contribution < -0.4 is 0 Å². The van der Waals surface area contributed by atoms with Gasteiger partial charge in [0.05, 0.1) is 21.1 Å². The minimum Gasteiger partial charge on any atom is -0.268 e. The third-order valence-electron chi connectivity index (χ3n) is 2.33. The fourth-order valence-corrected chi connectivity index (χ4v) is 2.85. The van der Waals surface area contributed by atoms with Crippen LogP contribution >= 0.6 is 22.3 Å². The van der Waals surface area contributed by atoms with Gasteiger partial charge in [-0.3, -0.25) is 4.68 Å². The molecule has 0 N–H and O–H groups in total. The molecule has 0 aliphatic carbocycles. The molecule has 0 atom stereocenters. The van der Waals surface area contributed by atoms with Crippen LogP contribution in [-0.4, -0.2) is 18.2 Å². The third-order valence-corrected chi connectivity index (χ3v) is 3.97. The Bertz CT molecular complexity index is 676. The molecule has 1 aromatic carbocycles. The molecule has 2 aromatic rings. The summed E-state index contributed by atoms with van der Waals surface area (Å²) in [6.45, 7) is 1.81. The van der Waals surface area contributed by atoms with E-state index in [2.05, 4.69) is 5.10 Å². The smallest absolute Gasteiger partial charge is 0.261 e. The topological polar surface area (TPSA) is 52.0 Å². The van der Waals surface area contributed by atoms with E-state index in [1.54, 1.807) is 11.7 Å². The minimum absolute atomic E-state index is 0.0188. The van der Waals surface area contributed by atoms with Gasteiger partial charge in [-0.1, -0.05) is 11.6 Å². The zero-order valence-electron chi connectivity index (χ0n) is 8.53. The lowest BCUT2D eigenvalue weighted by molar-refractivity contribution is 0.609. The van der Waals surface area contributed by atoms with Gasteiger partial charge in [-0.15, -0.1) is 0 Å². The molecule has 86 valence electrons. The summed E-state index contributed by atoms with van der Waals surface area (Å²) in [6.07, 6.45) is 0. The summed E-state index contributed by atoms with van der Waals surface area (Å²) in [4.78, 5) is -0.0188. The zero-order chi connectivity index (χ0) is 12.1. The fraction of sp³-hybridized carbons (Fsp3) is 0.222. The second kappa shape index (κ2) is 3.61. The normalized spacial score (nSPS) is 12.2. The van der Waals surface area contributed by atoms with Crippen molar-refractivity contribution in [1.82, 2.24) is 9.78 Å². The van der Waals surface area contributed by atoms with Gasteiger partial charge in [0.15, 0.2) is 0 Å². The van der Waals surface area contributed by atoms with Crippen molar-refractivity contribution in [2.75, 3.05) is 0 Å². The molecule has 0 unspecified atom stereocenters. The fourth-order valence-electron chi connectivity index (χ4n) is 1.65. The Labute approximate surface area is 102 Å². The average Bonchev–Trinajstić information content (AvgIpc) is 2.41. The molecule has 0 saturated heterocycles. The van der Waals surface area contributed by atoms with Gasteiger partial charge in [-0.2, -0.15) is 5.10 Å². The molecule has 0 spiro atoms. The van der Waals surface area contributed by atoms with Crippen molar-refractivity contribution < 1.29 is 8.42 Å². The van der Waals surface area contributed by atoms with Crippen LogP contribution in [0.1, 0.15) is 5.69 Å². The Kier molecular flexibility index (Phi) is 2.64. The van der Waals surface area contributed by atoms with Crippen LogP contribution in [0, 0.1) is 6.92 Å². The average molecular weight is 279 g/mol. The first kappa shape index (κ1) is 11.7. The molecular formula is C9H8Cl2N2O2S. The van der Waals surface area contributed by atoms with Gasteiger partial charge in [-0.05, 0) is 19.1 Å². The summed E-state index contributed by atoms with van der Waals surface area (Å²) in [5, 5.41) is 5.25. The first-order valence-corrected chi connectivity index (χ1v) is 7.07. The second-order valence-electron chi connectivity index (χ2n) is 3.45. The SMILES string of the molecule is Cc1nn(C)c2cc(S(=O)(=O)Cl)cc(Cl)c12. The largest absolute Gasteiger partial charge is 0.268 e. The molecule has 0 aliphatic heterocycles. The highest BCUT2D eigenvalue weighted by Crippen LogP contribution is 2.30. The quantitative estimate of drug-likeness (QED) is 0.753. The highest BCUT2D eigenvalue weighted by atomic mass is 35.7. The van der Waals surface area contributed by atoms with E-state index in [-0.39, 0.29) is 4.90 Å². The molecule has 0 amide bonds.